The fourth-order valence-corrected chi connectivity index (χ4v) is 0.998. The number of alkyl halides is 2. The predicted octanol–water partition coefficient (Wildman–Crippen LogP) is 2.87. The average molecular weight is 231 g/mol. The number of rotatable bonds is 4. The zero-order valence-corrected chi connectivity index (χ0v) is 9.01. The van der Waals surface area contributed by atoms with Gasteiger partial charge in [-0.05, 0) is 12.1 Å². The zero-order chi connectivity index (χ0) is 12.3. The summed E-state index contributed by atoms with van der Waals surface area (Å²) in [6.07, 6.45) is -3.56. The number of hydrogen-bond donors (Lipinski definition) is 0. The van der Waals surface area contributed by atoms with E-state index in [9.17, 15) is 13.2 Å². The molecule has 2 nitrogen and oxygen atoms in total. The van der Waals surface area contributed by atoms with Gasteiger partial charge in [0.15, 0.2) is 0 Å². The van der Waals surface area contributed by atoms with Crippen molar-refractivity contribution in [2.24, 2.45) is 0 Å². The molecule has 1 rings (SSSR count). The Kier molecular flexibility index (Phi) is 3.47. The second kappa shape index (κ2) is 4.47. The second-order valence-corrected chi connectivity index (χ2v) is 3.42. The molecule has 0 aromatic heterocycles. The van der Waals surface area contributed by atoms with Crippen molar-refractivity contribution in [3.63, 3.8) is 0 Å². The van der Waals surface area contributed by atoms with Gasteiger partial charge in [-0.2, -0.15) is 8.78 Å². The highest BCUT2D eigenvalue weighted by Crippen LogP contribution is 2.28. The van der Waals surface area contributed by atoms with Crippen molar-refractivity contribution in [3.05, 3.63) is 42.4 Å². The smallest absolute Gasteiger partial charge is 0.428 e. The van der Waals surface area contributed by atoms with Gasteiger partial charge in [0.2, 0.25) is 0 Å². The number of benzene rings is 1. The molecular formula is C11H12F3NO. The van der Waals surface area contributed by atoms with E-state index >= 15 is 0 Å². The summed E-state index contributed by atoms with van der Waals surface area (Å²) in [5.74, 6) is -0.878. The number of nitrogens with zero attached hydrogens (tertiary/aromatic N) is 1. The molecule has 0 amide bonds. The number of halogens is 3. The van der Waals surface area contributed by atoms with E-state index in [4.69, 9.17) is 0 Å². The zero-order valence-electron chi connectivity index (χ0n) is 9.01. The van der Waals surface area contributed by atoms with Crippen molar-refractivity contribution < 1.29 is 17.9 Å². The van der Waals surface area contributed by atoms with Gasteiger partial charge < -0.3 is 9.64 Å². The summed E-state index contributed by atoms with van der Waals surface area (Å²) in [5.41, 5.74) is -0.503. The Hall–Kier alpha value is -1.65. The minimum absolute atomic E-state index is 0.243. The van der Waals surface area contributed by atoms with E-state index in [0.29, 0.717) is 0 Å². The molecule has 0 bridgehead atoms. The van der Waals surface area contributed by atoms with Gasteiger partial charge >= 0.3 is 6.11 Å². The van der Waals surface area contributed by atoms with Crippen molar-refractivity contribution >= 4 is 0 Å². The summed E-state index contributed by atoms with van der Waals surface area (Å²) in [7, 11) is 2.84. The normalized spacial score (nSPS) is 11.1. The van der Waals surface area contributed by atoms with Crippen molar-refractivity contribution in [1.82, 2.24) is 4.90 Å². The Balaban J connectivity index is 2.84. The lowest BCUT2D eigenvalue weighted by atomic mass is 10.3. The van der Waals surface area contributed by atoms with Crippen LogP contribution < -0.4 is 4.74 Å². The maximum absolute atomic E-state index is 13.4. The second-order valence-electron chi connectivity index (χ2n) is 3.42. The number of hydrogen-bond acceptors (Lipinski definition) is 2. The molecule has 0 heterocycles. The third-order valence-electron chi connectivity index (χ3n) is 1.92. The van der Waals surface area contributed by atoms with Crippen LogP contribution in [0.1, 0.15) is 0 Å². The van der Waals surface area contributed by atoms with Crippen LogP contribution in [0.4, 0.5) is 13.2 Å². The van der Waals surface area contributed by atoms with Crippen LogP contribution in [0.5, 0.6) is 5.75 Å². The van der Waals surface area contributed by atoms with Gasteiger partial charge in [-0.15, -0.1) is 0 Å². The largest absolute Gasteiger partial charge is 0.441 e. The topological polar surface area (TPSA) is 12.5 Å². The van der Waals surface area contributed by atoms with E-state index in [-0.39, 0.29) is 5.75 Å². The Morgan fingerprint density at radius 1 is 1.38 bits per heavy atom. The summed E-state index contributed by atoms with van der Waals surface area (Å²) in [6.45, 7) is 3.20. The van der Waals surface area contributed by atoms with E-state index < -0.39 is 17.6 Å². The van der Waals surface area contributed by atoms with Crippen LogP contribution in [0.2, 0.25) is 0 Å². The van der Waals surface area contributed by atoms with Crippen LogP contribution in [-0.4, -0.2) is 25.1 Å². The van der Waals surface area contributed by atoms with Crippen LogP contribution in [0.3, 0.4) is 0 Å². The highest BCUT2D eigenvalue weighted by atomic mass is 19.3. The predicted molar refractivity (Wildman–Crippen MR) is 54.8 cm³/mol. The third kappa shape index (κ3) is 2.92. The molecule has 0 aliphatic heterocycles. The molecule has 0 aliphatic carbocycles. The Bertz CT molecular complexity index is 391. The van der Waals surface area contributed by atoms with Gasteiger partial charge in [0, 0.05) is 20.2 Å². The molecule has 0 aliphatic rings. The number of ether oxygens (including phenoxy) is 1. The summed E-state index contributed by atoms with van der Waals surface area (Å²) in [4.78, 5) is 1.14. The maximum Gasteiger partial charge on any atom is 0.441 e. The number of likely N-dealkylation sites (N-methyl/N-ethyl adjacent to an activating group) is 1. The highest BCUT2D eigenvalue weighted by Gasteiger charge is 2.37. The van der Waals surface area contributed by atoms with Gasteiger partial charge in [-0.25, -0.2) is 4.39 Å². The quantitative estimate of drug-likeness (QED) is 0.790. The van der Waals surface area contributed by atoms with Crippen molar-refractivity contribution in [2.45, 2.75) is 6.11 Å². The average Bonchev–Trinajstić information content (AvgIpc) is 2.15. The first kappa shape index (κ1) is 12.4. The summed E-state index contributed by atoms with van der Waals surface area (Å²) < 4.78 is 43.9. The fourth-order valence-electron chi connectivity index (χ4n) is 0.998. The van der Waals surface area contributed by atoms with Crippen molar-refractivity contribution in [1.29, 1.82) is 0 Å². The Labute approximate surface area is 91.9 Å². The first-order chi connectivity index (χ1) is 7.33. The third-order valence-corrected chi connectivity index (χ3v) is 1.92. The molecule has 0 saturated heterocycles. The van der Waals surface area contributed by atoms with Gasteiger partial charge in [0.25, 0.3) is 0 Å². The van der Waals surface area contributed by atoms with E-state index in [1.54, 1.807) is 0 Å². The molecule has 0 unspecified atom stereocenters. The Morgan fingerprint density at radius 3 is 2.50 bits per heavy atom. The molecule has 0 atom stereocenters. The molecule has 5 heteroatoms. The van der Waals surface area contributed by atoms with Crippen LogP contribution in [-0.2, 0) is 0 Å². The molecule has 88 valence electrons. The molecule has 0 fully saturated rings. The van der Waals surface area contributed by atoms with Crippen molar-refractivity contribution in [2.75, 3.05) is 14.1 Å². The van der Waals surface area contributed by atoms with Gasteiger partial charge in [0.05, 0.1) is 0 Å². The van der Waals surface area contributed by atoms with Crippen LogP contribution in [0.15, 0.2) is 36.5 Å². The lowest BCUT2D eigenvalue weighted by Crippen LogP contribution is -2.34. The van der Waals surface area contributed by atoms with Crippen LogP contribution >= 0.6 is 0 Å². The molecule has 0 N–H and O–H groups in total. The standard InChI is InChI=1S/C11H12F3NO/c1-8(15(2)3)11(13,14)16-10-6-4-5-9(12)7-10/h4-7H,1H2,2-3H3. The molecular weight excluding hydrogens is 219 g/mol. The molecule has 0 radical (unpaired) electrons. The summed E-state index contributed by atoms with van der Waals surface area (Å²) in [6, 6.07) is 4.57. The van der Waals surface area contributed by atoms with Crippen molar-refractivity contribution in [3.8, 4) is 5.75 Å². The van der Waals surface area contributed by atoms with Gasteiger partial charge in [-0.3, -0.25) is 0 Å². The SMILES string of the molecule is C=C(N(C)C)C(F)(F)Oc1cccc(F)c1. The fraction of sp³-hybridized carbons (Fsp3) is 0.273. The first-order valence-electron chi connectivity index (χ1n) is 4.52. The van der Waals surface area contributed by atoms with Crippen LogP contribution in [0, 0.1) is 5.82 Å². The molecule has 1 aromatic rings. The van der Waals surface area contributed by atoms with E-state index in [2.05, 4.69) is 11.3 Å². The Morgan fingerprint density at radius 2 is 2.00 bits per heavy atom. The summed E-state index contributed by atoms with van der Waals surface area (Å²) in [5, 5.41) is 0. The van der Waals surface area contributed by atoms with E-state index in [1.165, 1.54) is 26.2 Å². The van der Waals surface area contributed by atoms with E-state index in [0.717, 1.165) is 17.0 Å². The first-order valence-corrected chi connectivity index (χ1v) is 4.52. The molecule has 0 saturated carbocycles. The lowest BCUT2D eigenvalue weighted by molar-refractivity contribution is -0.154. The van der Waals surface area contributed by atoms with Crippen LogP contribution in [0.25, 0.3) is 0 Å². The highest BCUT2D eigenvalue weighted by molar-refractivity contribution is 5.24. The monoisotopic (exact) mass is 231 g/mol. The maximum atomic E-state index is 13.4. The minimum Gasteiger partial charge on any atom is -0.428 e. The minimum atomic E-state index is -3.56. The molecule has 0 spiro atoms. The summed E-state index contributed by atoms with van der Waals surface area (Å²) >= 11 is 0. The lowest BCUT2D eigenvalue weighted by Gasteiger charge is -2.24. The van der Waals surface area contributed by atoms with E-state index in [1.807, 2.05) is 0 Å². The molecule has 1 aromatic carbocycles. The molecule has 16 heavy (non-hydrogen) atoms. The van der Waals surface area contributed by atoms with Gasteiger partial charge in [0.1, 0.15) is 17.3 Å². The van der Waals surface area contributed by atoms with Gasteiger partial charge in [-0.1, -0.05) is 12.6 Å².